The summed E-state index contributed by atoms with van der Waals surface area (Å²) < 4.78 is 46.8. The van der Waals surface area contributed by atoms with E-state index in [-0.39, 0.29) is 6.54 Å². The molecule has 0 atom stereocenters. The fraction of sp³-hybridized carbons (Fsp3) is 0.400. The second-order valence-corrected chi connectivity index (χ2v) is 7.27. The smallest absolute Gasteiger partial charge is 0.304 e. The molecule has 2 aliphatic rings. The van der Waals surface area contributed by atoms with Gasteiger partial charge in [-0.1, -0.05) is 18.2 Å². The Kier molecular flexibility index (Phi) is 4.84. The number of anilines is 1. The van der Waals surface area contributed by atoms with Crippen LogP contribution in [0.25, 0.3) is 0 Å². The minimum Gasteiger partial charge on any atom is -0.304 e. The number of hydrogen-bond donors (Lipinski definition) is 0. The van der Waals surface area contributed by atoms with Gasteiger partial charge < -0.3 is 9.64 Å². The van der Waals surface area contributed by atoms with Crippen LogP contribution in [0.15, 0.2) is 48.7 Å². The molecular weight excluding hydrogens is 371 g/mol. The van der Waals surface area contributed by atoms with Gasteiger partial charge in [-0.2, -0.15) is 8.78 Å². The zero-order chi connectivity index (χ0) is 19.8. The van der Waals surface area contributed by atoms with Gasteiger partial charge in [0.25, 0.3) is 0 Å². The van der Waals surface area contributed by atoms with Crippen LogP contribution in [0.1, 0.15) is 18.5 Å². The molecule has 28 heavy (non-hydrogen) atoms. The Labute approximate surface area is 160 Å². The number of carbonyl (C=O) groups is 1. The summed E-state index contributed by atoms with van der Waals surface area (Å²) in [6.07, 6.45) is -1.97. The normalized spacial score (nSPS) is 21.8. The molecule has 0 radical (unpaired) electrons. The molecule has 0 unspecified atom stereocenters. The van der Waals surface area contributed by atoms with Gasteiger partial charge in [-0.3, -0.25) is 14.7 Å². The van der Waals surface area contributed by atoms with Crippen LogP contribution in [-0.2, 0) is 16.1 Å². The number of para-hydroxylation sites is 1. The number of pyridine rings is 1. The number of halogens is 3. The maximum absolute atomic E-state index is 14.4. The van der Waals surface area contributed by atoms with Crippen molar-refractivity contribution in [2.75, 3.05) is 24.5 Å². The van der Waals surface area contributed by atoms with E-state index in [0.29, 0.717) is 43.9 Å². The van der Waals surface area contributed by atoms with Gasteiger partial charge in [0.15, 0.2) is 0 Å². The molecule has 5 nitrogen and oxygen atoms in total. The minimum atomic E-state index is -3.85. The highest BCUT2D eigenvalue weighted by Crippen LogP contribution is 2.40. The summed E-state index contributed by atoms with van der Waals surface area (Å²) >= 11 is 0. The number of nitrogens with zero attached hydrogens (tertiary/aromatic N) is 3. The van der Waals surface area contributed by atoms with Crippen molar-refractivity contribution in [3.63, 3.8) is 0 Å². The molecule has 2 aromatic rings. The second-order valence-electron chi connectivity index (χ2n) is 7.27. The first kappa shape index (κ1) is 18.9. The number of aromatic nitrogens is 1. The lowest BCUT2D eigenvalue weighted by Crippen LogP contribution is -2.64. The molecule has 2 aliphatic heterocycles. The largest absolute Gasteiger partial charge is 0.437 e. The molecule has 1 aromatic carbocycles. The van der Waals surface area contributed by atoms with Gasteiger partial charge in [-0.05, 0) is 37.1 Å². The summed E-state index contributed by atoms with van der Waals surface area (Å²) in [5.74, 6) is -1.73. The lowest BCUT2D eigenvalue weighted by atomic mass is 9.88. The Hall–Kier alpha value is -2.45. The van der Waals surface area contributed by atoms with E-state index in [2.05, 4.69) is 9.88 Å². The van der Waals surface area contributed by atoms with Crippen LogP contribution in [-0.4, -0.2) is 47.1 Å². The molecule has 2 fully saturated rings. The number of hydrogen-bond acceptors (Lipinski definition) is 4. The Morgan fingerprint density at radius 1 is 1.07 bits per heavy atom. The fourth-order valence-electron chi connectivity index (χ4n) is 3.79. The van der Waals surface area contributed by atoms with Crippen LogP contribution >= 0.6 is 0 Å². The van der Waals surface area contributed by atoms with E-state index in [4.69, 9.17) is 4.74 Å². The molecular formula is C20H20F3N3O2. The van der Waals surface area contributed by atoms with Gasteiger partial charge in [0.05, 0.1) is 24.0 Å². The van der Waals surface area contributed by atoms with E-state index >= 15 is 0 Å². The lowest BCUT2D eigenvalue weighted by Gasteiger charge is -2.48. The van der Waals surface area contributed by atoms with Crippen molar-refractivity contribution >= 4 is 11.6 Å². The highest BCUT2D eigenvalue weighted by Gasteiger charge is 2.57. The first-order chi connectivity index (χ1) is 13.4. The van der Waals surface area contributed by atoms with Crippen LogP contribution in [0.2, 0.25) is 0 Å². The molecule has 0 bridgehead atoms. The van der Waals surface area contributed by atoms with E-state index in [9.17, 15) is 18.0 Å². The number of morpholine rings is 1. The highest BCUT2D eigenvalue weighted by atomic mass is 19.3. The Bertz CT molecular complexity index is 838. The summed E-state index contributed by atoms with van der Waals surface area (Å²) in [7, 11) is 0. The predicted molar refractivity (Wildman–Crippen MR) is 96.3 cm³/mol. The first-order valence-electron chi connectivity index (χ1n) is 9.15. The van der Waals surface area contributed by atoms with E-state index in [1.807, 2.05) is 0 Å². The van der Waals surface area contributed by atoms with Gasteiger partial charge >= 0.3 is 12.0 Å². The molecule has 4 rings (SSSR count). The third-order valence-corrected chi connectivity index (χ3v) is 5.29. The standard InChI is InChI=1S/C20H20F3N3O2/c21-15-6-7-16(24-12-15)13-25-10-8-19(9-11-25)14-26(17-4-2-1-3-5-17)18(27)20(22,23)28-19/h1-7,12H,8-11,13-14H2. The Morgan fingerprint density at radius 2 is 1.79 bits per heavy atom. The first-order valence-corrected chi connectivity index (χ1v) is 9.15. The zero-order valence-electron chi connectivity index (χ0n) is 15.2. The molecule has 0 aliphatic carbocycles. The topological polar surface area (TPSA) is 45.7 Å². The van der Waals surface area contributed by atoms with Crippen LogP contribution in [0.4, 0.5) is 18.9 Å². The molecule has 1 amide bonds. The Morgan fingerprint density at radius 3 is 2.43 bits per heavy atom. The van der Waals surface area contributed by atoms with Crippen molar-refractivity contribution < 1.29 is 22.7 Å². The van der Waals surface area contributed by atoms with Gasteiger partial charge in [-0.15, -0.1) is 0 Å². The number of likely N-dealkylation sites (tertiary alicyclic amines) is 1. The van der Waals surface area contributed by atoms with Gasteiger partial charge in [0.1, 0.15) is 5.82 Å². The number of ether oxygens (including phenoxy) is 1. The number of benzene rings is 1. The van der Waals surface area contributed by atoms with Crippen LogP contribution in [0.5, 0.6) is 0 Å². The summed E-state index contributed by atoms with van der Waals surface area (Å²) in [5, 5.41) is 0. The monoisotopic (exact) mass is 391 g/mol. The highest BCUT2D eigenvalue weighted by molar-refractivity contribution is 5.98. The molecule has 1 spiro atoms. The molecule has 2 saturated heterocycles. The van der Waals surface area contributed by atoms with Crippen molar-refractivity contribution in [1.82, 2.24) is 9.88 Å². The molecule has 8 heteroatoms. The van der Waals surface area contributed by atoms with Crippen LogP contribution < -0.4 is 4.90 Å². The van der Waals surface area contributed by atoms with E-state index in [1.54, 1.807) is 36.4 Å². The maximum Gasteiger partial charge on any atom is 0.437 e. The predicted octanol–water partition coefficient (Wildman–Crippen LogP) is 3.21. The number of piperidine rings is 1. The number of rotatable bonds is 3. The van der Waals surface area contributed by atoms with E-state index < -0.39 is 23.4 Å². The van der Waals surface area contributed by atoms with E-state index in [0.717, 1.165) is 11.1 Å². The van der Waals surface area contributed by atoms with Crippen LogP contribution in [0, 0.1) is 5.82 Å². The molecule has 0 saturated carbocycles. The average Bonchev–Trinajstić information content (AvgIpc) is 2.69. The second kappa shape index (κ2) is 7.18. The molecule has 0 N–H and O–H groups in total. The molecule has 3 heterocycles. The minimum absolute atomic E-state index is 0.0913. The summed E-state index contributed by atoms with van der Waals surface area (Å²) in [6, 6.07) is 11.4. The lowest BCUT2D eigenvalue weighted by molar-refractivity contribution is -0.293. The van der Waals surface area contributed by atoms with Gasteiger partial charge in [-0.25, -0.2) is 4.39 Å². The van der Waals surface area contributed by atoms with Crippen molar-refractivity contribution in [2.45, 2.75) is 31.1 Å². The number of carbonyl (C=O) groups excluding carboxylic acids is 1. The van der Waals surface area contributed by atoms with Gasteiger partial charge in [0, 0.05) is 25.3 Å². The number of alkyl halides is 2. The fourth-order valence-corrected chi connectivity index (χ4v) is 3.79. The SMILES string of the molecule is O=C1N(c2ccccc2)CC2(CCN(Cc3ccc(F)cn3)CC2)OC1(F)F. The molecule has 1 aromatic heterocycles. The third-order valence-electron chi connectivity index (χ3n) is 5.29. The van der Waals surface area contributed by atoms with Crippen molar-refractivity contribution in [3.8, 4) is 0 Å². The quantitative estimate of drug-likeness (QED) is 0.806. The van der Waals surface area contributed by atoms with Crippen molar-refractivity contribution in [2.24, 2.45) is 0 Å². The molecule has 148 valence electrons. The maximum atomic E-state index is 14.4. The summed E-state index contributed by atoms with van der Waals surface area (Å²) in [6.45, 7) is 1.64. The Balaban J connectivity index is 1.47. The van der Waals surface area contributed by atoms with Crippen molar-refractivity contribution in [3.05, 3.63) is 60.2 Å². The van der Waals surface area contributed by atoms with Crippen LogP contribution in [0.3, 0.4) is 0 Å². The average molecular weight is 391 g/mol. The summed E-state index contributed by atoms with van der Waals surface area (Å²) in [4.78, 5) is 19.4. The zero-order valence-corrected chi connectivity index (χ0v) is 15.2. The van der Waals surface area contributed by atoms with E-state index in [1.165, 1.54) is 6.07 Å². The van der Waals surface area contributed by atoms with Gasteiger partial charge in [0.2, 0.25) is 0 Å². The summed E-state index contributed by atoms with van der Waals surface area (Å²) in [5.41, 5.74) is 0.0566. The third kappa shape index (κ3) is 3.74. The number of amides is 1. The van der Waals surface area contributed by atoms with Crippen molar-refractivity contribution in [1.29, 1.82) is 0 Å².